The Morgan fingerprint density at radius 1 is 0.857 bits per heavy atom. The molecular weight excluding hydrogens is 147 g/mol. The first-order chi connectivity index (χ1) is 2.00. The number of hydrogen-bond acceptors (Lipinski definition) is 4. The summed E-state index contributed by atoms with van der Waals surface area (Å²) < 4.78 is 0. The van der Waals surface area contributed by atoms with E-state index < -0.39 is 9.05 Å². The van der Waals surface area contributed by atoms with Gasteiger partial charge in [0.05, 0.1) is 0 Å². The second-order valence-corrected chi connectivity index (χ2v) is 1.80. The van der Waals surface area contributed by atoms with Crippen molar-refractivity contribution in [2.75, 3.05) is 0 Å². The third-order valence-corrected chi connectivity index (χ3v) is 0. The Balaban J connectivity index is -0.0000000800. The minimum absolute atomic E-state index is 0. The number of hydrogen-bond donors (Lipinski definition) is 4. The average Bonchev–Trinajstić information content (AvgIpc) is 0.722. The van der Waals surface area contributed by atoms with Gasteiger partial charge in [0, 0.05) is 40.6 Å². The van der Waals surface area contributed by atoms with Gasteiger partial charge in [-0.3, -0.25) is 0 Å². The van der Waals surface area contributed by atoms with Crippen LogP contribution in [0.5, 0.6) is 0 Å². The molecule has 0 aromatic carbocycles. The fourth-order valence-electron chi connectivity index (χ4n) is 0. The number of rotatable bonds is 0. The molecule has 0 heterocycles. The molecule has 37 valence electrons. The molecule has 0 fully saturated rings. The quantitative estimate of drug-likeness (QED) is 0.278. The summed E-state index contributed by atoms with van der Waals surface area (Å²) in [5.74, 6) is 0. The predicted molar refractivity (Wildman–Crippen MR) is 20.4 cm³/mol. The third kappa shape index (κ3) is 113. The fraction of sp³-hybridized carbons (Fsp3) is 0. The largest absolute Gasteiger partial charge is 0.668 e. The van der Waals surface area contributed by atoms with E-state index in [4.69, 9.17) is 19.2 Å². The van der Waals surface area contributed by atoms with Crippen molar-refractivity contribution in [3.05, 3.63) is 0 Å². The van der Waals surface area contributed by atoms with Gasteiger partial charge in [-0.25, -0.2) is 0 Å². The maximum atomic E-state index is 7.33. The first kappa shape index (κ1) is 15.8. The van der Waals surface area contributed by atoms with Gasteiger partial charge in [0.25, 0.3) is 0 Å². The Kier molecular flexibility index (Phi) is 12.4. The molecule has 0 spiro atoms. The first-order valence-electron chi connectivity index (χ1n) is 0.894. The SMILES string of the molecule is O[Si](O)(O)O.[Li].[Ti]. The smallest absolute Gasteiger partial charge is 0.368 e. The van der Waals surface area contributed by atoms with Crippen molar-refractivity contribution < 1.29 is 40.9 Å². The van der Waals surface area contributed by atoms with E-state index in [1.54, 1.807) is 0 Å². The van der Waals surface area contributed by atoms with Crippen molar-refractivity contribution in [3.63, 3.8) is 0 Å². The molecule has 0 unspecified atom stereocenters. The van der Waals surface area contributed by atoms with E-state index in [0.29, 0.717) is 0 Å². The maximum absolute atomic E-state index is 7.33. The molecule has 7 heteroatoms. The standard InChI is InChI=1S/Li.H4O4Si.Ti/c;1-5(2,3)4;/h;1-4H;. The molecule has 0 aliphatic heterocycles. The van der Waals surface area contributed by atoms with Gasteiger partial charge in [0.2, 0.25) is 0 Å². The normalized spacial score (nSPS) is 8.57. The molecule has 0 saturated carbocycles. The fourth-order valence-corrected chi connectivity index (χ4v) is 0. The van der Waals surface area contributed by atoms with E-state index in [0.717, 1.165) is 0 Å². The van der Waals surface area contributed by atoms with Gasteiger partial charge in [0.15, 0.2) is 0 Å². The van der Waals surface area contributed by atoms with Crippen LogP contribution in [0.2, 0.25) is 0 Å². The van der Waals surface area contributed by atoms with Crippen LogP contribution in [0.1, 0.15) is 0 Å². The third-order valence-electron chi connectivity index (χ3n) is 0. The van der Waals surface area contributed by atoms with Crippen LogP contribution in [0.15, 0.2) is 0 Å². The Morgan fingerprint density at radius 2 is 0.857 bits per heavy atom. The van der Waals surface area contributed by atoms with Crippen molar-refractivity contribution >= 4 is 27.9 Å². The molecule has 0 aromatic rings. The Morgan fingerprint density at radius 3 is 0.857 bits per heavy atom. The minimum Gasteiger partial charge on any atom is -0.368 e. The molecule has 0 atom stereocenters. The van der Waals surface area contributed by atoms with Crippen LogP contribution in [-0.2, 0) is 21.7 Å². The van der Waals surface area contributed by atoms with Gasteiger partial charge in [0.1, 0.15) is 0 Å². The predicted octanol–water partition coefficient (Wildman–Crippen LogP) is -2.99. The van der Waals surface area contributed by atoms with Crippen LogP contribution in [0, 0.1) is 0 Å². The minimum atomic E-state index is -4.61. The van der Waals surface area contributed by atoms with E-state index in [-0.39, 0.29) is 40.6 Å². The summed E-state index contributed by atoms with van der Waals surface area (Å²) in [5, 5.41) is 0. The van der Waals surface area contributed by atoms with E-state index >= 15 is 0 Å². The second kappa shape index (κ2) is 5.50. The topological polar surface area (TPSA) is 80.9 Å². The van der Waals surface area contributed by atoms with Gasteiger partial charge in [-0.2, -0.15) is 0 Å². The van der Waals surface area contributed by atoms with Crippen molar-refractivity contribution in [1.29, 1.82) is 0 Å². The zero-order chi connectivity index (χ0) is 4.50. The van der Waals surface area contributed by atoms with Crippen molar-refractivity contribution in [2.45, 2.75) is 0 Å². The van der Waals surface area contributed by atoms with E-state index in [2.05, 4.69) is 0 Å². The van der Waals surface area contributed by atoms with Gasteiger partial charge in [-0.1, -0.05) is 0 Å². The first-order valence-corrected chi connectivity index (χ1v) is 2.68. The van der Waals surface area contributed by atoms with Crippen LogP contribution in [0.4, 0.5) is 0 Å². The molecule has 0 aliphatic rings. The Bertz CT molecular complexity index is 27.2. The van der Waals surface area contributed by atoms with Gasteiger partial charge in [-0.15, -0.1) is 0 Å². The van der Waals surface area contributed by atoms with E-state index in [9.17, 15) is 0 Å². The molecule has 0 rings (SSSR count). The van der Waals surface area contributed by atoms with Crippen LogP contribution in [-0.4, -0.2) is 47.1 Å². The zero-order valence-electron chi connectivity index (χ0n) is 3.79. The van der Waals surface area contributed by atoms with Crippen LogP contribution in [0.3, 0.4) is 0 Å². The summed E-state index contributed by atoms with van der Waals surface area (Å²) in [6.45, 7) is 0. The molecule has 0 saturated heterocycles. The Labute approximate surface area is 68.7 Å². The Hall–Kier alpha value is 1.37. The van der Waals surface area contributed by atoms with Crippen LogP contribution >= 0.6 is 0 Å². The molecule has 7 heavy (non-hydrogen) atoms. The van der Waals surface area contributed by atoms with Gasteiger partial charge >= 0.3 is 9.05 Å². The van der Waals surface area contributed by atoms with E-state index in [1.165, 1.54) is 0 Å². The van der Waals surface area contributed by atoms with Crippen molar-refractivity contribution in [2.24, 2.45) is 0 Å². The summed E-state index contributed by atoms with van der Waals surface area (Å²) in [4.78, 5) is 29.3. The van der Waals surface area contributed by atoms with Crippen molar-refractivity contribution in [3.8, 4) is 0 Å². The summed E-state index contributed by atoms with van der Waals surface area (Å²) >= 11 is 0. The molecule has 0 amide bonds. The van der Waals surface area contributed by atoms with Crippen molar-refractivity contribution in [1.82, 2.24) is 0 Å². The molecule has 4 nitrogen and oxygen atoms in total. The summed E-state index contributed by atoms with van der Waals surface area (Å²) in [6, 6.07) is 0. The van der Waals surface area contributed by atoms with E-state index in [1.807, 2.05) is 0 Å². The molecular formula is H4LiO4SiTi. The summed E-state index contributed by atoms with van der Waals surface area (Å²) in [5.41, 5.74) is 0. The average molecular weight is 151 g/mol. The summed E-state index contributed by atoms with van der Waals surface area (Å²) in [7, 11) is -4.61. The second-order valence-electron chi connectivity index (χ2n) is 0.600. The molecule has 0 aromatic heterocycles. The monoisotopic (exact) mass is 151 g/mol. The molecule has 0 aliphatic carbocycles. The summed E-state index contributed by atoms with van der Waals surface area (Å²) in [6.07, 6.45) is 0. The molecule has 0 bridgehead atoms. The maximum Gasteiger partial charge on any atom is 0.668 e. The van der Waals surface area contributed by atoms with Crippen LogP contribution < -0.4 is 0 Å². The van der Waals surface area contributed by atoms with Gasteiger partial charge in [-0.05, 0) is 0 Å². The van der Waals surface area contributed by atoms with Gasteiger partial charge < -0.3 is 19.2 Å². The molecule has 4 N–H and O–H groups in total. The van der Waals surface area contributed by atoms with Crippen LogP contribution in [0.25, 0.3) is 0 Å². The molecule has 1 radical (unpaired) electrons. The zero-order valence-corrected chi connectivity index (χ0v) is 6.35.